The van der Waals surface area contributed by atoms with Gasteiger partial charge < -0.3 is 4.74 Å². The van der Waals surface area contributed by atoms with Crippen LogP contribution >= 0.6 is 0 Å². The van der Waals surface area contributed by atoms with Crippen LogP contribution in [0.5, 0.6) is 5.75 Å². The van der Waals surface area contributed by atoms with E-state index in [-0.39, 0.29) is 22.9 Å². The second-order valence-electron chi connectivity index (χ2n) is 4.81. The normalized spacial score (nSPS) is 12.0. The number of halogens is 4. The Kier molecular flexibility index (Phi) is 3.93. The summed E-state index contributed by atoms with van der Waals surface area (Å²) in [6.07, 6.45) is -3.37. The number of benzene rings is 1. The first-order chi connectivity index (χ1) is 9.75. The molecule has 7 heteroatoms. The van der Waals surface area contributed by atoms with Gasteiger partial charge in [-0.05, 0) is 24.1 Å². The van der Waals surface area contributed by atoms with Crippen molar-refractivity contribution in [3.63, 3.8) is 0 Å². The lowest BCUT2D eigenvalue weighted by Crippen LogP contribution is -2.09. The van der Waals surface area contributed by atoms with Crippen molar-refractivity contribution in [1.29, 1.82) is 0 Å². The summed E-state index contributed by atoms with van der Waals surface area (Å²) in [7, 11) is 1.33. The molecule has 1 heterocycles. The summed E-state index contributed by atoms with van der Waals surface area (Å²) in [5.74, 6) is -0.784. The predicted molar refractivity (Wildman–Crippen MR) is 69.2 cm³/mol. The molecule has 1 aromatic carbocycles. The Morgan fingerprint density at radius 2 is 1.86 bits per heavy atom. The molecule has 0 saturated heterocycles. The van der Waals surface area contributed by atoms with Crippen LogP contribution in [0.25, 0.3) is 5.69 Å². The van der Waals surface area contributed by atoms with Crippen molar-refractivity contribution in [1.82, 2.24) is 9.78 Å². The van der Waals surface area contributed by atoms with Gasteiger partial charge in [0.1, 0.15) is 0 Å². The van der Waals surface area contributed by atoms with Crippen LogP contribution in [-0.4, -0.2) is 16.9 Å². The highest BCUT2D eigenvalue weighted by Crippen LogP contribution is 2.33. The molecule has 0 unspecified atom stereocenters. The summed E-state index contributed by atoms with van der Waals surface area (Å²) in [5, 5.41) is 3.48. The first kappa shape index (κ1) is 15.3. The lowest BCUT2D eigenvalue weighted by atomic mass is 10.00. The summed E-state index contributed by atoms with van der Waals surface area (Å²) in [6, 6.07) is 3.71. The molecule has 0 bridgehead atoms. The fourth-order valence-corrected chi connectivity index (χ4v) is 2.08. The number of methoxy groups -OCH3 is 1. The maximum atomic E-state index is 14.3. The third-order valence-corrected chi connectivity index (χ3v) is 3.04. The lowest BCUT2D eigenvalue weighted by Gasteiger charge is -2.16. The molecule has 0 aliphatic rings. The average molecular weight is 302 g/mol. The van der Waals surface area contributed by atoms with Crippen LogP contribution in [0.15, 0.2) is 24.4 Å². The van der Waals surface area contributed by atoms with Crippen LogP contribution in [0, 0.1) is 5.82 Å². The molecule has 0 radical (unpaired) electrons. The maximum Gasteiger partial charge on any atom is 0.435 e. The molecular weight excluding hydrogens is 288 g/mol. The van der Waals surface area contributed by atoms with Crippen LogP contribution in [0.3, 0.4) is 0 Å². The molecule has 0 amide bonds. The van der Waals surface area contributed by atoms with Gasteiger partial charge >= 0.3 is 6.18 Å². The van der Waals surface area contributed by atoms with Gasteiger partial charge in [0.25, 0.3) is 0 Å². The highest BCUT2D eigenvalue weighted by Gasteiger charge is 2.34. The molecule has 3 nitrogen and oxygen atoms in total. The van der Waals surface area contributed by atoms with Gasteiger partial charge in [0.15, 0.2) is 17.3 Å². The number of rotatable bonds is 3. The molecule has 0 fully saturated rings. The molecule has 21 heavy (non-hydrogen) atoms. The molecule has 2 rings (SSSR count). The van der Waals surface area contributed by atoms with Crippen molar-refractivity contribution in [2.75, 3.05) is 7.11 Å². The van der Waals surface area contributed by atoms with Crippen molar-refractivity contribution >= 4 is 0 Å². The van der Waals surface area contributed by atoms with E-state index in [1.54, 1.807) is 13.8 Å². The van der Waals surface area contributed by atoms with E-state index in [1.807, 2.05) is 0 Å². The van der Waals surface area contributed by atoms with Crippen LogP contribution in [-0.2, 0) is 6.18 Å². The third kappa shape index (κ3) is 2.86. The topological polar surface area (TPSA) is 27.1 Å². The third-order valence-electron chi connectivity index (χ3n) is 3.04. The molecule has 0 aliphatic heterocycles. The van der Waals surface area contributed by atoms with Gasteiger partial charge in [-0.15, -0.1) is 0 Å². The SMILES string of the molecule is COc1ccc(-n2ccc(C(F)(F)F)n2)c(C(C)C)c1F. The Labute approximate surface area is 119 Å². The predicted octanol–water partition coefficient (Wildman–Crippen LogP) is 4.16. The Morgan fingerprint density at radius 1 is 1.19 bits per heavy atom. The minimum atomic E-state index is -4.53. The number of aromatic nitrogens is 2. The summed E-state index contributed by atoms with van der Waals surface area (Å²) < 4.78 is 58.1. The molecule has 2 aromatic rings. The van der Waals surface area contributed by atoms with Gasteiger partial charge in [-0.1, -0.05) is 13.8 Å². The molecule has 0 atom stereocenters. The molecule has 0 saturated carbocycles. The van der Waals surface area contributed by atoms with E-state index in [2.05, 4.69) is 5.10 Å². The van der Waals surface area contributed by atoms with E-state index < -0.39 is 17.7 Å². The van der Waals surface area contributed by atoms with Gasteiger partial charge in [-0.2, -0.15) is 18.3 Å². The zero-order valence-corrected chi connectivity index (χ0v) is 11.7. The monoisotopic (exact) mass is 302 g/mol. The van der Waals surface area contributed by atoms with E-state index in [1.165, 1.54) is 19.2 Å². The van der Waals surface area contributed by atoms with Gasteiger partial charge in [-0.3, -0.25) is 0 Å². The van der Waals surface area contributed by atoms with Crippen LogP contribution in [0.1, 0.15) is 31.0 Å². The van der Waals surface area contributed by atoms with Gasteiger partial charge in [0.05, 0.1) is 12.8 Å². The number of nitrogens with zero attached hydrogens (tertiary/aromatic N) is 2. The van der Waals surface area contributed by atoms with E-state index in [0.29, 0.717) is 0 Å². The average Bonchev–Trinajstić information content (AvgIpc) is 2.87. The molecule has 1 aromatic heterocycles. The van der Waals surface area contributed by atoms with Crippen LogP contribution < -0.4 is 4.74 Å². The molecule has 114 valence electrons. The summed E-state index contributed by atoms with van der Waals surface area (Å²) >= 11 is 0. The minimum Gasteiger partial charge on any atom is -0.494 e. The standard InChI is InChI=1S/C14H14F4N2O/c1-8(2)12-9(4-5-10(21-3)13(12)15)20-7-6-11(19-20)14(16,17)18/h4-8H,1-3H3. The van der Waals surface area contributed by atoms with Crippen LogP contribution in [0.4, 0.5) is 17.6 Å². The highest BCUT2D eigenvalue weighted by atomic mass is 19.4. The Balaban J connectivity index is 2.59. The van der Waals surface area contributed by atoms with E-state index in [9.17, 15) is 17.6 Å². The van der Waals surface area contributed by atoms with E-state index >= 15 is 0 Å². The van der Waals surface area contributed by atoms with Gasteiger partial charge in [-0.25, -0.2) is 9.07 Å². The molecule has 0 spiro atoms. The molecular formula is C14H14F4N2O. The van der Waals surface area contributed by atoms with Crippen molar-refractivity contribution in [2.24, 2.45) is 0 Å². The number of ether oxygens (including phenoxy) is 1. The largest absolute Gasteiger partial charge is 0.494 e. The van der Waals surface area contributed by atoms with Crippen molar-refractivity contribution < 1.29 is 22.3 Å². The smallest absolute Gasteiger partial charge is 0.435 e. The Bertz CT molecular complexity index is 647. The second kappa shape index (κ2) is 5.38. The Morgan fingerprint density at radius 3 is 2.33 bits per heavy atom. The zero-order valence-electron chi connectivity index (χ0n) is 11.7. The van der Waals surface area contributed by atoms with Crippen molar-refractivity contribution in [3.8, 4) is 11.4 Å². The van der Waals surface area contributed by atoms with Gasteiger partial charge in [0, 0.05) is 11.8 Å². The van der Waals surface area contributed by atoms with Crippen molar-refractivity contribution in [3.05, 3.63) is 41.5 Å². The number of hydrogen-bond acceptors (Lipinski definition) is 2. The molecule has 0 aliphatic carbocycles. The van der Waals surface area contributed by atoms with Gasteiger partial charge in [0.2, 0.25) is 0 Å². The van der Waals surface area contributed by atoms with Crippen molar-refractivity contribution in [2.45, 2.75) is 25.9 Å². The zero-order chi connectivity index (χ0) is 15.8. The van der Waals surface area contributed by atoms with E-state index in [0.717, 1.165) is 16.9 Å². The second-order valence-corrected chi connectivity index (χ2v) is 4.81. The fraction of sp³-hybridized carbons (Fsp3) is 0.357. The summed E-state index contributed by atoms with van der Waals surface area (Å²) in [4.78, 5) is 0. The summed E-state index contributed by atoms with van der Waals surface area (Å²) in [5.41, 5.74) is -0.501. The molecule has 0 N–H and O–H groups in total. The number of alkyl halides is 3. The lowest BCUT2D eigenvalue weighted by molar-refractivity contribution is -0.141. The highest BCUT2D eigenvalue weighted by molar-refractivity contribution is 5.48. The summed E-state index contributed by atoms with van der Waals surface area (Å²) in [6.45, 7) is 3.49. The van der Waals surface area contributed by atoms with E-state index in [4.69, 9.17) is 4.74 Å². The first-order valence-electron chi connectivity index (χ1n) is 6.25. The Hall–Kier alpha value is -2.05. The maximum absolute atomic E-state index is 14.3. The quantitative estimate of drug-likeness (QED) is 0.796. The fourth-order valence-electron chi connectivity index (χ4n) is 2.08. The first-order valence-corrected chi connectivity index (χ1v) is 6.25. The number of hydrogen-bond donors (Lipinski definition) is 0. The minimum absolute atomic E-state index is 0.0469. The van der Waals surface area contributed by atoms with Crippen LogP contribution in [0.2, 0.25) is 0 Å².